The first kappa shape index (κ1) is 13.6. The molecule has 0 saturated heterocycles. The Morgan fingerprint density at radius 3 is 2.65 bits per heavy atom. The molecule has 0 bridgehead atoms. The van der Waals surface area contributed by atoms with E-state index in [1.807, 2.05) is 0 Å². The summed E-state index contributed by atoms with van der Waals surface area (Å²) in [6, 6.07) is 3.13. The van der Waals surface area contributed by atoms with E-state index in [1.54, 1.807) is 6.07 Å². The monoisotopic (exact) mass is 259 g/mol. The number of halogens is 1. The van der Waals surface area contributed by atoms with Crippen LogP contribution >= 0.6 is 11.6 Å². The second-order valence-electron chi connectivity index (χ2n) is 3.14. The minimum atomic E-state index is -0.370. The summed E-state index contributed by atoms with van der Waals surface area (Å²) in [6.45, 7) is 0.0418. The average Bonchev–Trinajstić information content (AvgIpc) is 2.35. The first-order chi connectivity index (χ1) is 8.15. The lowest BCUT2D eigenvalue weighted by Gasteiger charge is -2.12. The Labute approximate surface area is 104 Å². The summed E-state index contributed by atoms with van der Waals surface area (Å²) in [4.78, 5) is 11.7. The summed E-state index contributed by atoms with van der Waals surface area (Å²) < 4.78 is 10.1. The molecule has 94 valence electrons. The van der Waals surface area contributed by atoms with E-state index in [0.29, 0.717) is 11.5 Å². The van der Waals surface area contributed by atoms with E-state index in [0.717, 1.165) is 0 Å². The fraction of sp³-hybridized carbons (Fsp3) is 0.364. The highest BCUT2D eigenvalue weighted by atomic mass is 35.5. The lowest BCUT2D eigenvalue weighted by Crippen LogP contribution is -2.26. The smallest absolute Gasteiger partial charge is 0.253 e. The van der Waals surface area contributed by atoms with Gasteiger partial charge in [0.15, 0.2) is 11.5 Å². The molecule has 0 atom stereocenters. The van der Waals surface area contributed by atoms with Gasteiger partial charge in [-0.15, -0.1) is 0 Å². The number of nitrogens with one attached hydrogen (secondary N) is 1. The summed E-state index contributed by atoms with van der Waals surface area (Å²) in [5.41, 5.74) is 0.276. The standard InChI is InChI=1S/C11H14ClNO4/c1-16-8-4-3-7(9(12)10(8)17-2)11(15)13-5-6-14/h3-4,14H,5-6H2,1-2H3,(H,13,15). The quantitative estimate of drug-likeness (QED) is 0.830. The molecule has 0 fully saturated rings. The number of rotatable bonds is 5. The lowest BCUT2D eigenvalue weighted by molar-refractivity contribution is 0.0944. The highest BCUT2D eigenvalue weighted by molar-refractivity contribution is 6.35. The number of methoxy groups -OCH3 is 2. The van der Waals surface area contributed by atoms with E-state index >= 15 is 0 Å². The molecule has 0 aromatic heterocycles. The average molecular weight is 260 g/mol. The van der Waals surface area contributed by atoms with Crippen molar-refractivity contribution in [2.75, 3.05) is 27.4 Å². The Morgan fingerprint density at radius 1 is 1.41 bits per heavy atom. The van der Waals surface area contributed by atoms with Gasteiger partial charge in [0.25, 0.3) is 5.91 Å². The van der Waals surface area contributed by atoms with E-state index < -0.39 is 0 Å². The molecule has 0 aliphatic heterocycles. The van der Waals surface area contributed by atoms with Crippen LogP contribution in [0.4, 0.5) is 0 Å². The number of carbonyl (C=O) groups excluding carboxylic acids is 1. The van der Waals surface area contributed by atoms with Gasteiger partial charge in [0.1, 0.15) is 0 Å². The van der Waals surface area contributed by atoms with E-state index in [4.69, 9.17) is 26.2 Å². The summed E-state index contributed by atoms with van der Waals surface area (Å²) in [5, 5.41) is 11.3. The first-order valence-electron chi connectivity index (χ1n) is 4.95. The van der Waals surface area contributed by atoms with E-state index in [2.05, 4.69) is 5.32 Å². The number of amides is 1. The molecular formula is C11H14ClNO4. The fourth-order valence-electron chi connectivity index (χ4n) is 1.33. The highest BCUT2D eigenvalue weighted by Crippen LogP contribution is 2.37. The molecule has 0 saturated carbocycles. The SMILES string of the molecule is COc1ccc(C(=O)NCCO)c(Cl)c1OC. The molecule has 6 heteroatoms. The number of hydrogen-bond donors (Lipinski definition) is 2. The van der Waals surface area contributed by atoms with E-state index in [9.17, 15) is 4.79 Å². The van der Waals surface area contributed by atoms with Crippen LogP contribution < -0.4 is 14.8 Å². The minimum Gasteiger partial charge on any atom is -0.493 e. The third kappa shape index (κ3) is 3.01. The summed E-state index contributed by atoms with van der Waals surface area (Å²) in [7, 11) is 2.93. The molecule has 1 aromatic rings. The van der Waals surface area contributed by atoms with E-state index in [1.165, 1.54) is 20.3 Å². The molecule has 0 unspecified atom stereocenters. The number of ether oxygens (including phenoxy) is 2. The van der Waals surface area contributed by atoms with Gasteiger partial charge in [0.05, 0.1) is 31.4 Å². The largest absolute Gasteiger partial charge is 0.493 e. The van der Waals surface area contributed by atoms with Crippen molar-refractivity contribution in [2.24, 2.45) is 0 Å². The second-order valence-corrected chi connectivity index (χ2v) is 3.52. The molecular weight excluding hydrogens is 246 g/mol. The number of aliphatic hydroxyl groups is 1. The van der Waals surface area contributed by atoms with Crippen LogP contribution in [-0.4, -0.2) is 38.4 Å². The zero-order valence-corrected chi connectivity index (χ0v) is 10.4. The topological polar surface area (TPSA) is 67.8 Å². The summed E-state index contributed by atoms with van der Waals surface area (Å²) >= 11 is 6.04. The maximum Gasteiger partial charge on any atom is 0.253 e. The maximum atomic E-state index is 11.7. The summed E-state index contributed by atoms with van der Waals surface area (Å²) in [6.07, 6.45) is 0. The number of aliphatic hydroxyl groups excluding tert-OH is 1. The van der Waals surface area contributed by atoms with Crippen LogP contribution in [0.1, 0.15) is 10.4 Å². The van der Waals surface area contributed by atoms with Crippen LogP contribution in [0.25, 0.3) is 0 Å². The van der Waals surface area contributed by atoms with Crippen molar-refractivity contribution in [2.45, 2.75) is 0 Å². The zero-order chi connectivity index (χ0) is 12.8. The van der Waals surface area contributed by atoms with Gasteiger partial charge < -0.3 is 19.9 Å². The van der Waals surface area contributed by atoms with E-state index in [-0.39, 0.29) is 29.6 Å². The van der Waals surface area contributed by atoms with Gasteiger partial charge in [-0.1, -0.05) is 11.6 Å². The molecule has 5 nitrogen and oxygen atoms in total. The van der Waals surface area contributed by atoms with Crippen molar-refractivity contribution in [1.82, 2.24) is 5.32 Å². The maximum absolute atomic E-state index is 11.7. The highest BCUT2D eigenvalue weighted by Gasteiger charge is 2.17. The molecule has 1 amide bonds. The first-order valence-corrected chi connectivity index (χ1v) is 5.33. The second kappa shape index (κ2) is 6.32. The van der Waals surface area contributed by atoms with Crippen molar-refractivity contribution in [3.63, 3.8) is 0 Å². The van der Waals surface area contributed by atoms with Crippen LogP contribution in [0.2, 0.25) is 5.02 Å². The van der Waals surface area contributed by atoms with Gasteiger partial charge in [-0.05, 0) is 12.1 Å². The number of hydrogen-bond acceptors (Lipinski definition) is 4. The van der Waals surface area contributed by atoms with Crippen molar-refractivity contribution >= 4 is 17.5 Å². The van der Waals surface area contributed by atoms with Gasteiger partial charge in [-0.3, -0.25) is 4.79 Å². The Kier molecular flexibility index (Phi) is 5.06. The van der Waals surface area contributed by atoms with Gasteiger partial charge >= 0.3 is 0 Å². The lowest BCUT2D eigenvalue weighted by atomic mass is 10.2. The van der Waals surface area contributed by atoms with Crippen molar-refractivity contribution < 1.29 is 19.4 Å². The summed E-state index contributed by atoms with van der Waals surface area (Å²) in [5.74, 6) is 0.395. The van der Waals surface area contributed by atoms with Crippen molar-refractivity contribution in [3.8, 4) is 11.5 Å². The predicted molar refractivity (Wildman–Crippen MR) is 64.0 cm³/mol. The molecule has 17 heavy (non-hydrogen) atoms. The van der Waals surface area contributed by atoms with Gasteiger partial charge in [0, 0.05) is 6.54 Å². The molecule has 0 heterocycles. The molecule has 0 radical (unpaired) electrons. The molecule has 1 aromatic carbocycles. The Balaban J connectivity index is 3.06. The Bertz CT molecular complexity index is 409. The molecule has 0 aliphatic rings. The Hall–Kier alpha value is -1.46. The predicted octanol–water partition coefficient (Wildman–Crippen LogP) is 1.08. The van der Waals surface area contributed by atoms with Crippen molar-refractivity contribution in [3.05, 3.63) is 22.7 Å². The van der Waals surface area contributed by atoms with Crippen LogP contribution in [0.3, 0.4) is 0 Å². The molecule has 0 spiro atoms. The van der Waals surface area contributed by atoms with Gasteiger partial charge in [-0.2, -0.15) is 0 Å². The van der Waals surface area contributed by atoms with Crippen molar-refractivity contribution in [1.29, 1.82) is 0 Å². The van der Waals surface area contributed by atoms with Crippen LogP contribution in [-0.2, 0) is 0 Å². The fourth-order valence-corrected chi connectivity index (χ4v) is 1.65. The number of carbonyl (C=O) groups is 1. The van der Waals surface area contributed by atoms with Crippen LogP contribution in [0.5, 0.6) is 11.5 Å². The van der Waals surface area contributed by atoms with Crippen LogP contribution in [0.15, 0.2) is 12.1 Å². The normalized spacial score (nSPS) is 9.88. The van der Waals surface area contributed by atoms with Crippen LogP contribution in [0, 0.1) is 0 Å². The minimum absolute atomic E-state index is 0.128. The van der Waals surface area contributed by atoms with Gasteiger partial charge in [0.2, 0.25) is 0 Å². The third-order valence-electron chi connectivity index (χ3n) is 2.13. The molecule has 1 rings (SSSR count). The Morgan fingerprint density at radius 2 is 2.12 bits per heavy atom. The van der Waals surface area contributed by atoms with Gasteiger partial charge in [-0.25, -0.2) is 0 Å². The third-order valence-corrected chi connectivity index (χ3v) is 2.50. The molecule has 2 N–H and O–H groups in total. The zero-order valence-electron chi connectivity index (χ0n) is 9.62. The number of benzene rings is 1. The molecule has 0 aliphatic carbocycles.